The van der Waals surface area contributed by atoms with Gasteiger partial charge in [0.05, 0.1) is 21.3 Å². The summed E-state index contributed by atoms with van der Waals surface area (Å²) in [5, 5.41) is 0. The molecular weight excluding hydrogens is 362 g/mol. The number of rotatable bonds is 9. The van der Waals surface area contributed by atoms with Crippen LogP contribution in [0.1, 0.15) is 22.8 Å². The molecule has 2 rings (SSSR count). The number of carbonyl (C=O) groups excluding carboxylic acids is 2. The highest BCUT2D eigenvalue weighted by molar-refractivity contribution is 5.94. The number of ether oxygens (including phenoxy) is 4. The van der Waals surface area contributed by atoms with Crippen LogP contribution in [0.3, 0.4) is 0 Å². The molecule has 0 atom stereocenters. The van der Waals surface area contributed by atoms with Crippen molar-refractivity contribution < 1.29 is 28.5 Å². The first-order valence-electron chi connectivity index (χ1n) is 8.66. The molecule has 0 unspecified atom stereocenters. The van der Waals surface area contributed by atoms with Crippen LogP contribution < -0.4 is 18.9 Å². The normalized spacial score (nSPS) is 10.2. The molecule has 1 amide bonds. The largest absolute Gasteiger partial charge is 0.497 e. The van der Waals surface area contributed by atoms with Crippen molar-refractivity contribution in [2.45, 2.75) is 13.5 Å². The van der Waals surface area contributed by atoms with E-state index in [-0.39, 0.29) is 18.3 Å². The Labute approximate surface area is 164 Å². The Bertz CT molecular complexity index is 849. The molecule has 0 saturated heterocycles. The first kappa shape index (κ1) is 21.1. The number of hydrogen-bond donors (Lipinski definition) is 0. The molecule has 0 spiro atoms. The van der Waals surface area contributed by atoms with Crippen LogP contribution in [-0.4, -0.2) is 51.6 Å². The topological polar surface area (TPSA) is 74.3 Å². The van der Waals surface area contributed by atoms with Gasteiger partial charge >= 0.3 is 0 Å². The Morgan fingerprint density at radius 3 is 2.21 bits per heavy atom. The number of likely N-dealkylation sites (N-methyl/N-ethyl adjacent to an activating group) is 1. The van der Waals surface area contributed by atoms with Gasteiger partial charge in [0.2, 0.25) is 0 Å². The van der Waals surface area contributed by atoms with Gasteiger partial charge in [0.25, 0.3) is 5.91 Å². The SMILES string of the molecule is COc1ccc(CN(C)C(=O)COc2ccc(C(C)=O)cc2OC)c(OC)c1. The van der Waals surface area contributed by atoms with Crippen LogP contribution in [0.15, 0.2) is 36.4 Å². The summed E-state index contributed by atoms with van der Waals surface area (Å²) in [5.74, 6) is 1.83. The third kappa shape index (κ3) is 5.16. The lowest BCUT2D eigenvalue weighted by molar-refractivity contribution is -0.132. The highest BCUT2D eigenvalue weighted by Crippen LogP contribution is 2.29. The van der Waals surface area contributed by atoms with Crippen molar-refractivity contribution in [3.05, 3.63) is 47.5 Å². The maximum Gasteiger partial charge on any atom is 0.260 e. The smallest absolute Gasteiger partial charge is 0.260 e. The van der Waals surface area contributed by atoms with Crippen molar-refractivity contribution in [2.75, 3.05) is 35.0 Å². The molecule has 0 aliphatic heterocycles. The number of methoxy groups -OCH3 is 3. The van der Waals surface area contributed by atoms with Crippen LogP contribution in [0, 0.1) is 0 Å². The maximum atomic E-state index is 12.5. The van der Waals surface area contributed by atoms with Crippen molar-refractivity contribution in [1.29, 1.82) is 0 Å². The summed E-state index contributed by atoms with van der Waals surface area (Å²) in [4.78, 5) is 25.5. The second-order valence-electron chi connectivity index (χ2n) is 6.14. The fraction of sp³-hybridized carbons (Fsp3) is 0.333. The van der Waals surface area contributed by atoms with E-state index in [1.807, 2.05) is 12.1 Å². The van der Waals surface area contributed by atoms with Gasteiger partial charge in [-0.15, -0.1) is 0 Å². The van der Waals surface area contributed by atoms with Crippen molar-refractivity contribution in [3.8, 4) is 23.0 Å². The predicted octanol–water partition coefficient (Wildman–Crippen LogP) is 2.95. The lowest BCUT2D eigenvalue weighted by Crippen LogP contribution is -2.31. The molecule has 0 aromatic heterocycles. The fourth-order valence-corrected chi connectivity index (χ4v) is 2.58. The molecule has 0 aliphatic rings. The minimum Gasteiger partial charge on any atom is -0.497 e. The Hall–Kier alpha value is -3.22. The van der Waals surface area contributed by atoms with E-state index in [2.05, 4.69) is 0 Å². The van der Waals surface area contributed by atoms with E-state index < -0.39 is 0 Å². The van der Waals surface area contributed by atoms with E-state index >= 15 is 0 Å². The van der Waals surface area contributed by atoms with Gasteiger partial charge < -0.3 is 23.8 Å². The van der Waals surface area contributed by atoms with Crippen LogP contribution in [0.2, 0.25) is 0 Å². The number of Topliss-reactive ketones (excluding diaryl/α,β-unsaturated/α-hetero) is 1. The minimum absolute atomic E-state index is 0.0749. The van der Waals surface area contributed by atoms with Gasteiger partial charge in [0.1, 0.15) is 11.5 Å². The first-order valence-corrected chi connectivity index (χ1v) is 8.66. The third-order valence-electron chi connectivity index (χ3n) is 4.25. The summed E-state index contributed by atoms with van der Waals surface area (Å²) in [7, 11) is 6.32. The van der Waals surface area contributed by atoms with Crippen molar-refractivity contribution >= 4 is 11.7 Å². The average molecular weight is 387 g/mol. The zero-order valence-electron chi connectivity index (χ0n) is 16.8. The Morgan fingerprint density at radius 1 is 0.893 bits per heavy atom. The van der Waals surface area contributed by atoms with Crippen LogP contribution in [-0.2, 0) is 11.3 Å². The van der Waals surface area contributed by atoms with E-state index in [9.17, 15) is 9.59 Å². The molecule has 7 heteroatoms. The molecular formula is C21H25NO6. The van der Waals surface area contributed by atoms with Gasteiger partial charge in [-0.2, -0.15) is 0 Å². The Balaban J connectivity index is 2.02. The average Bonchev–Trinajstić information content (AvgIpc) is 2.71. The number of ketones is 1. The molecule has 0 aliphatic carbocycles. The maximum absolute atomic E-state index is 12.5. The summed E-state index contributed by atoms with van der Waals surface area (Å²) in [5.41, 5.74) is 1.36. The zero-order chi connectivity index (χ0) is 20.7. The van der Waals surface area contributed by atoms with Gasteiger partial charge in [0, 0.05) is 30.8 Å². The molecule has 0 heterocycles. The molecule has 150 valence electrons. The van der Waals surface area contributed by atoms with Crippen LogP contribution in [0.5, 0.6) is 23.0 Å². The highest BCUT2D eigenvalue weighted by atomic mass is 16.5. The van der Waals surface area contributed by atoms with Crippen molar-refractivity contribution in [3.63, 3.8) is 0 Å². The van der Waals surface area contributed by atoms with Crippen LogP contribution in [0.4, 0.5) is 0 Å². The van der Waals surface area contributed by atoms with Crippen molar-refractivity contribution in [2.24, 2.45) is 0 Å². The molecule has 2 aromatic rings. The molecule has 0 fully saturated rings. The second-order valence-corrected chi connectivity index (χ2v) is 6.14. The van der Waals surface area contributed by atoms with Gasteiger partial charge in [-0.3, -0.25) is 9.59 Å². The van der Waals surface area contributed by atoms with Crippen molar-refractivity contribution in [1.82, 2.24) is 4.90 Å². The highest BCUT2D eigenvalue weighted by Gasteiger charge is 2.15. The first-order chi connectivity index (χ1) is 13.4. The molecule has 2 aromatic carbocycles. The number of carbonyl (C=O) groups is 2. The van der Waals surface area contributed by atoms with Crippen LogP contribution >= 0.6 is 0 Å². The lowest BCUT2D eigenvalue weighted by Gasteiger charge is -2.20. The predicted molar refractivity (Wildman–Crippen MR) is 105 cm³/mol. The minimum atomic E-state index is -0.212. The van der Waals surface area contributed by atoms with Crippen LogP contribution in [0.25, 0.3) is 0 Å². The van der Waals surface area contributed by atoms with Gasteiger partial charge in [-0.25, -0.2) is 0 Å². The second kappa shape index (κ2) is 9.64. The molecule has 0 saturated carbocycles. The Morgan fingerprint density at radius 2 is 1.61 bits per heavy atom. The lowest BCUT2D eigenvalue weighted by atomic mass is 10.1. The quantitative estimate of drug-likeness (QED) is 0.616. The number of amides is 1. The summed E-state index contributed by atoms with van der Waals surface area (Å²) in [6, 6.07) is 10.3. The number of hydrogen-bond acceptors (Lipinski definition) is 6. The van der Waals surface area contributed by atoms with Gasteiger partial charge in [0.15, 0.2) is 23.9 Å². The standard InChI is InChI=1S/C21H25NO6/c1-14(23)15-7-9-18(20(10-15)27-5)28-13-21(24)22(2)12-16-6-8-17(25-3)11-19(16)26-4/h6-11H,12-13H2,1-5H3. The molecule has 28 heavy (non-hydrogen) atoms. The van der Waals surface area contributed by atoms with Gasteiger partial charge in [-0.1, -0.05) is 0 Å². The van der Waals surface area contributed by atoms with E-state index in [1.165, 1.54) is 14.0 Å². The zero-order valence-corrected chi connectivity index (χ0v) is 16.8. The van der Waals surface area contributed by atoms with Gasteiger partial charge in [-0.05, 0) is 37.3 Å². The van der Waals surface area contributed by atoms with E-state index in [1.54, 1.807) is 50.4 Å². The summed E-state index contributed by atoms with van der Waals surface area (Å²) >= 11 is 0. The van der Waals surface area contributed by atoms with E-state index in [0.29, 0.717) is 35.1 Å². The third-order valence-corrected chi connectivity index (χ3v) is 4.25. The number of benzene rings is 2. The molecule has 0 radical (unpaired) electrons. The molecule has 0 N–H and O–H groups in total. The summed E-state index contributed by atoms with van der Waals surface area (Å²) < 4.78 is 21.4. The summed E-state index contributed by atoms with van der Waals surface area (Å²) in [6.07, 6.45) is 0. The fourth-order valence-electron chi connectivity index (χ4n) is 2.58. The van der Waals surface area contributed by atoms with E-state index in [0.717, 1.165) is 5.56 Å². The Kier molecular flexibility index (Phi) is 7.26. The van der Waals surface area contributed by atoms with E-state index in [4.69, 9.17) is 18.9 Å². The summed E-state index contributed by atoms with van der Waals surface area (Å²) in [6.45, 7) is 1.67. The molecule has 0 bridgehead atoms. The number of nitrogens with zero attached hydrogens (tertiary/aromatic N) is 1. The monoisotopic (exact) mass is 387 g/mol. The molecule has 7 nitrogen and oxygen atoms in total.